The number of aryl methyl sites for hydroxylation is 2. The molecule has 1 aromatic carbocycles. The van der Waals surface area contributed by atoms with Crippen molar-refractivity contribution in [3.05, 3.63) is 23.3 Å². The second-order valence-corrected chi connectivity index (χ2v) is 7.22. The summed E-state index contributed by atoms with van der Waals surface area (Å²) in [7, 11) is -3.51. The van der Waals surface area contributed by atoms with Gasteiger partial charge in [0, 0.05) is 18.8 Å². The first kappa shape index (κ1) is 16.2. The number of sulfonamides is 1. The molecule has 1 saturated heterocycles. The molecule has 1 aliphatic heterocycles. The summed E-state index contributed by atoms with van der Waals surface area (Å²) in [5, 5.41) is 0. The number of nitrogens with two attached hydrogens (primary N) is 1. The number of morpholine rings is 1. The number of rotatable bonds is 4. The van der Waals surface area contributed by atoms with Crippen LogP contribution in [0.5, 0.6) is 0 Å². The molecule has 0 aromatic heterocycles. The minimum absolute atomic E-state index is 0.0286. The molecule has 1 heterocycles. The molecule has 1 atom stereocenters. The number of benzene rings is 1. The third-order valence-electron chi connectivity index (χ3n) is 3.78. The zero-order valence-electron chi connectivity index (χ0n) is 12.7. The molecular formula is C14H23N3O3S. The van der Waals surface area contributed by atoms with Crippen LogP contribution in [0, 0.1) is 13.8 Å². The molecule has 1 fully saturated rings. The minimum Gasteiger partial charge on any atom is -0.375 e. The van der Waals surface area contributed by atoms with Crippen LogP contribution in [0.2, 0.25) is 0 Å². The van der Waals surface area contributed by atoms with Gasteiger partial charge in [-0.05, 0) is 43.5 Å². The number of nitrogens with zero attached hydrogens (tertiary/aromatic N) is 1. The molecule has 118 valence electrons. The van der Waals surface area contributed by atoms with E-state index in [0.717, 1.165) is 6.42 Å². The number of nitrogen functional groups attached to an aromatic ring is 1. The highest BCUT2D eigenvalue weighted by molar-refractivity contribution is 7.89. The van der Waals surface area contributed by atoms with Crippen LogP contribution in [0.3, 0.4) is 0 Å². The average Bonchev–Trinajstić information content (AvgIpc) is 2.46. The summed E-state index contributed by atoms with van der Waals surface area (Å²) in [6, 6.07) is 3.50. The Balaban J connectivity index is 2.40. The summed E-state index contributed by atoms with van der Waals surface area (Å²) >= 11 is 0. The van der Waals surface area contributed by atoms with E-state index in [9.17, 15) is 8.42 Å². The Bertz CT molecular complexity index is 593. The van der Waals surface area contributed by atoms with Crippen LogP contribution < -0.4 is 11.3 Å². The van der Waals surface area contributed by atoms with E-state index in [1.807, 2.05) is 6.92 Å². The highest BCUT2D eigenvalue weighted by atomic mass is 32.2. The van der Waals surface area contributed by atoms with Gasteiger partial charge in [-0.25, -0.2) is 8.42 Å². The Morgan fingerprint density at radius 3 is 2.52 bits per heavy atom. The molecule has 21 heavy (non-hydrogen) atoms. The second kappa shape index (κ2) is 6.31. The van der Waals surface area contributed by atoms with Gasteiger partial charge in [-0.15, -0.1) is 0 Å². The summed E-state index contributed by atoms with van der Waals surface area (Å²) < 4.78 is 32.9. The maximum Gasteiger partial charge on any atom is 0.243 e. The Kier molecular flexibility index (Phi) is 4.88. The lowest BCUT2D eigenvalue weighted by Gasteiger charge is -2.32. The molecule has 0 saturated carbocycles. The van der Waals surface area contributed by atoms with E-state index in [-0.39, 0.29) is 6.10 Å². The summed E-state index contributed by atoms with van der Waals surface area (Å²) in [6.07, 6.45) is 0.777. The van der Waals surface area contributed by atoms with E-state index in [1.165, 1.54) is 4.31 Å². The SMILES string of the molecule is CCC1CN(S(=O)(=O)c2c(C)cc(NN)cc2C)CCO1. The van der Waals surface area contributed by atoms with Crippen molar-refractivity contribution in [3.8, 4) is 0 Å². The second-order valence-electron chi connectivity index (χ2n) is 5.35. The molecule has 1 unspecified atom stereocenters. The van der Waals surface area contributed by atoms with Crippen molar-refractivity contribution >= 4 is 15.7 Å². The van der Waals surface area contributed by atoms with Crippen molar-refractivity contribution in [2.45, 2.75) is 38.2 Å². The maximum atomic E-state index is 12.9. The first-order chi connectivity index (χ1) is 9.90. The number of hydrogen-bond donors (Lipinski definition) is 2. The highest BCUT2D eigenvalue weighted by Gasteiger charge is 2.32. The highest BCUT2D eigenvalue weighted by Crippen LogP contribution is 2.28. The van der Waals surface area contributed by atoms with E-state index in [1.54, 1.807) is 26.0 Å². The predicted octanol–water partition coefficient (Wildman–Crippen LogP) is 1.39. The number of nitrogens with one attached hydrogen (secondary N) is 1. The fourth-order valence-electron chi connectivity index (χ4n) is 2.73. The minimum atomic E-state index is -3.51. The first-order valence-corrected chi connectivity index (χ1v) is 8.53. The number of ether oxygens (including phenoxy) is 1. The summed E-state index contributed by atoms with van der Waals surface area (Å²) in [5.41, 5.74) is 4.65. The van der Waals surface area contributed by atoms with Crippen LogP contribution in [0.1, 0.15) is 24.5 Å². The molecule has 0 spiro atoms. The third-order valence-corrected chi connectivity index (χ3v) is 5.95. The lowest BCUT2D eigenvalue weighted by atomic mass is 10.1. The average molecular weight is 313 g/mol. The van der Waals surface area contributed by atoms with Crippen molar-refractivity contribution in [1.29, 1.82) is 0 Å². The molecule has 0 bridgehead atoms. The molecule has 0 radical (unpaired) electrons. The van der Waals surface area contributed by atoms with Crippen molar-refractivity contribution in [1.82, 2.24) is 4.31 Å². The van der Waals surface area contributed by atoms with Gasteiger partial charge in [-0.2, -0.15) is 4.31 Å². The van der Waals surface area contributed by atoms with Gasteiger partial charge >= 0.3 is 0 Å². The van der Waals surface area contributed by atoms with Gasteiger partial charge in [-0.1, -0.05) is 6.92 Å². The Morgan fingerprint density at radius 1 is 1.38 bits per heavy atom. The van der Waals surface area contributed by atoms with E-state index in [4.69, 9.17) is 10.6 Å². The summed E-state index contributed by atoms with van der Waals surface area (Å²) in [5.74, 6) is 5.40. The fraction of sp³-hybridized carbons (Fsp3) is 0.571. The van der Waals surface area contributed by atoms with Crippen molar-refractivity contribution in [2.24, 2.45) is 5.84 Å². The largest absolute Gasteiger partial charge is 0.375 e. The van der Waals surface area contributed by atoms with Gasteiger partial charge in [-0.3, -0.25) is 5.84 Å². The number of hydrazine groups is 1. The molecule has 3 N–H and O–H groups in total. The van der Waals surface area contributed by atoms with E-state index in [2.05, 4.69) is 5.43 Å². The van der Waals surface area contributed by atoms with Gasteiger partial charge in [0.2, 0.25) is 10.0 Å². The molecule has 0 amide bonds. The zero-order chi connectivity index (χ0) is 15.6. The van der Waals surface area contributed by atoms with Crippen LogP contribution in [0.4, 0.5) is 5.69 Å². The molecule has 2 rings (SSSR count). The van der Waals surface area contributed by atoms with E-state index < -0.39 is 10.0 Å². The van der Waals surface area contributed by atoms with Crippen molar-refractivity contribution in [3.63, 3.8) is 0 Å². The number of hydrogen-bond acceptors (Lipinski definition) is 5. The van der Waals surface area contributed by atoms with Gasteiger partial charge in [0.25, 0.3) is 0 Å². The molecule has 1 aliphatic rings. The van der Waals surface area contributed by atoms with Gasteiger partial charge < -0.3 is 10.2 Å². The summed E-state index contributed by atoms with van der Waals surface area (Å²) in [6.45, 7) is 6.83. The lowest BCUT2D eigenvalue weighted by molar-refractivity contribution is -0.00279. The van der Waals surface area contributed by atoms with Gasteiger partial charge in [0.15, 0.2) is 0 Å². The standard InChI is InChI=1S/C14H23N3O3S/c1-4-13-9-17(5-6-20-13)21(18,19)14-10(2)7-12(16-15)8-11(14)3/h7-8,13,16H,4-6,9,15H2,1-3H3. The summed E-state index contributed by atoms with van der Waals surface area (Å²) in [4.78, 5) is 0.373. The van der Waals surface area contributed by atoms with Crippen molar-refractivity contribution < 1.29 is 13.2 Å². The van der Waals surface area contributed by atoms with Crippen LogP contribution >= 0.6 is 0 Å². The van der Waals surface area contributed by atoms with Crippen molar-refractivity contribution in [2.75, 3.05) is 25.1 Å². The molecule has 1 aromatic rings. The smallest absolute Gasteiger partial charge is 0.243 e. The van der Waals surface area contributed by atoms with Gasteiger partial charge in [0.1, 0.15) is 0 Å². The lowest BCUT2D eigenvalue weighted by Crippen LogP contribution is -2.45. The van der Waals surface area contributed by atoms with Crippen LogP contribution in [0.15, 0.2) is 17.0 Å². The molecular weight excluding hydrogens is 290 g/mol. The van der Waals surface area contributed by atoms with Crippen LogP contribution in [-0.2, 0) is 14.8 Å². The maximum absolute atomic E-state index is 12.9. The normalized spacial score (nSPS) is 20.5. The fourth-order valence-corrected chi connectivity index (χ4v) is 4.59. The first-order valence-electron chi connectivity index (χ1n) is 7.09. The van der Waals surface area contributed by atoms with Crippen LogP contribution in [0.25, 0.3) is 0 Å². The zero-order valence-corrected chi connectivity index (χ0v) is 13.5. The molecule has 7 heteroatoms. The Hall–Kier alpha value is -1.15. The third kappa shape index (κ3) is 3.21. The quantitative estimate of drug-likeness (QED) is 0.648. The molecule has 0 aliphatic carbocycles. The predicted molar refractivity (Wildman–Crippen MR) is 82.5 cm³/mol. The Labute approximate surface area is 126 Å². The number of anilines is 1. The van der Waals surface area contributed by atoms with Gasteiger partial charge in [0.05, 0.1) is 17.6 Å². The molecule has 6 nitrogen and oxygen atoms in total. The topological polar surface area (TPSA) is 84.7 Å². The Morgan fingerprint density at radius 2 is 2.00 bits per heavy atom. The van der Waals surface area contributed by atoms with E-state index in [0.29, 0.717) is 41.4 Å². The van der Waals surface area contributed by atoms with Crippen LogP contribution in [-0.4, -0.2) is 38.5 Å². The monoisotopic (exact) mass is 313 g/mol. The van der Waals surface area contributed by atoms with E-state index >= 15 is 0 Å².